The number of hydrazone groups is 1. The summed E-state index contributed by atoms with van der Waals surface area (Å²) in [6.07, 6.45) is 0. The number of carbonyl (C=O) groups is 1. The van der Waals surface area contributed by atoms with Crippen LogP contribution in [0.1, 0.15) is 28.4 Å². The normalized spacial score (nSPS) is 11.3. The Morgan fingerprint density at radius 1 is 1.19 bits per heavy atom. The third-order valence-electron chi connectivity index (χ3n) is 3.06. The van der Waals surface area contributed by atoms with Crippen LogP contribution in [0.25, 0.3) is 0 Å². The predicted molar refractivity (Wildman–Crippen MR) is 84.0 cm³/mol. The highest BCUT2D eigenvalue weighted by Crippen LogP contribution is 2.22. The van der Waals surface area contributed by atoms with Crippen molar-refractivity contribution < 1.29 is 9.90 Å². The molecule has 108 valence electrons. The second-order valence-electron chi connectivity index (χ2n) is 4.61. The minimum atomic E-state index is -0.291. The Kier molecular flexibility index (Phi) is 4.60. The number of rotatable bonds is 3. The number of amides is 1. The van der Waals surface area contributed by atoms with Gasteiger partial charge in [-0.3, -0.25) is 4.79 Å². The van der Waals surface area contributed by atoms with Gasteiger partial charge in [-0.25, -0.2) is 5.43 Å². The Hall–Kier alpha value is -2.33. The van der Waals surface area contributed by atoms with Crippen LogP contribution in [-0.4, -0.2) is 16.7 Å². The molecule has 0 spiro atoms. The first-order valence-electron chi connectivity index (χ1n) is 6.38. The highest BCUT2D eigenvalue weighted by Gasteiger charge is 2.09. The van der Waals surface area contributed by atoms with Crippen LogP contribution in [0.4, 0.5) is 0 Å². The number of phenols is 1. The summed E-state index contributed by atoms with van der Waals surface area (Å²) in [5.41, 5.74) is 4.93. The standard InChI is InChI=1S/C16H15ClN2O2/c1-10-5-3-4-6-13(10)16(21)19-18-11(2)14-8-7-12(17)9-15(14)20/h3-9,20H,1-2H3,(H,19,21)/b18-11+. The van der Waals surface area contributed by atoms with Gasteiger partial charge in [-0.15, -0.1) is 0 Å². The van der Waals surface area contributed by atoms with Crippen molar-refractivity contribution in [2.75, 3.05) is 0 Å². The third kappa shape index (κ3) is 3.61. The Morgan fingerprint density at radius 3 is 2.57 bits per heavy atom. The number of halogens is 1. The fraction of sp³-hybridized carbons (Fsp3) is 0.125. The van der Waals surface area contributed by atoms with Crippen LogP contribution < -0.4 is 5.43 Å². The van der Waals surface area contributed by atoms with Crippen LogP contribution in [0.3, 0.4) is 0 Å². The van der Waals surface area contributed by atoms with Crippen LogP contribution in [0.5, 0.6) is 5.75 Å². The molecule has 2 rings (SSSR count). The van der Waals surface area contributed by atoms with Crippen molar-refractivity contribution in [3.05, 3.63) is 64.2 Å². The van der Waals surface area contributed by atoms with E-state index in [1.807, 2.05) is 19.1 Å². The van der Waals surface area contributed by atoms with Gasteiger partial charge in [-0.1, -0.05) is 29.8 Å². The Balaban J connectivity index is 2.17. The molecule has 0 heterocycles. The average Bonchev–Trinajstić information content (AvgIpc) is 2.45. The summed E-state index contributed by atoms with van der Waals surface area (Å²) in [5, 5.41) is 14.3. The molecule has 4 nitrogen and oxygen atoms in total. The molecule has 5 heteroatoms. The summed E-state index contributed by atoms with van der Waals surface area (Å²) < 4.78 is 0. The molecule has 2 aromatic carbocycles. The smallest absolute Gasteiger partial charge is 0.271 e. The lowest BCUT2D eigenvalue weighted by Crippen LogP contribution is -2.20. The maximum Gasteiger partial charge on any atom is 0.271 e. The Bertz CT molecular complexity index is 711. The number of carbonyl (C=O) groups excluding carboxylic acids is 1. The number of hydrogen-bond donors (Lipinski definition) is 2. The summed E-state index contributed by atoms with van der Waals surface area (Å²) in [4.78, 5) is 12.0. The SMILES string of the molecule is C/C(=N\NC(=O)c1ccccc1C)c1ccc(Cl)cc1O. The van der Waals surface area contributed by atoms with Gasteiger partial charge in [-0.2, -0.15) is 5.10 Å². The molecule has 2 N–H and O–H groups in total. The number of phenolic OH excluding ortho intramolecular Hbond substituents is 1. The quantitative estimate of drug-likeness (QED) is 0.673. The van der Waals surface area contributed by atoms with E-state index in [1.54, 1.807) is 31.2 Å². The molecule has 0 unspecified atom stereocenters. The first kappa shape index (κ1) is 15.1. The molecule has 0 saturated carbocycles. The topological polar surface area (TPSA) is 61.7 Å². The minimum Gasteiger partial charge on any atom is -0.507 e. The highest BCUT2D eigenvalue weighted by molar-refractivity contribution is 6.30. The number of nitrogens with zero attached hydrogens (tertiary/aromatic N) is 1. The van der Waals surface area contributed by atoms with E-state index < -0.39 is 0 Å². The van der Waals surface area contributed by atoms with Crippen molar-refractivity contribution in [2.24, 2.45) is 5.10 Å². The van der Waals surface area contributed by atoms with Gasteiger partial charge < -0.3 is 5.11 Å². The first-order valence-corrected chi connectivity index (χ1v) is 6.76. The zero-order valence-electron chi connectivity index (χ0n) is 11.7. The van der Waals surface area contributed by atoms with Gasteiger partial charge in [0, 0.05) is 16.1 Å². The van der Waals surface area contributed by atoms with Crippen molar-refractivity contribution >= 4 is 23.2 Å². The summed E-state index contributed by atoms with van der Waals surface area (Å²) in [5.74, 6) is -0.269. The van der Waals surface area contributed by atoms with E-state index >= 15 is 0 Å². The van der Waals surface area contributed by atoms with Crippen LogP contribution in [0.15, 0.2) is 47.6 Å². The van der Waals surface area contributed by atoms with Crippen LogP contribution in [-0.2, 0) is 0 Å². The molecule has 0 bridgehead atoms. The monoisotopic (exact) mass is 302 g/mol. The molecular weight excluding hydrogens is 288 g/mol. The van der Waals surface area contributed by atoms with E-state index in [0.717, 1.165) is 5.56 Å². The maximum absolute atomic E-state index is 12.0. The second-order valence-corrected chi connectivity index (χ2v) is 5.05. The van der Waals surface area contributed by atoms with Crippen LogP contribution >= 0.6 is 11.6 Å². The molecule has 21 heavy (non-hydrogen) atoms. The summed E-state index contributed by atoms with van der Waals surface area (Å²) in [6, 6.07) is 12.0. The van der Waals surface area contributed by atoms with Crippen molar-refractivity contribution in [1.82, 2.24) is 5.43 Å². The van der Waals surface area contributed by atoms with Gasteiger partial charge in [0.2, 0.25) is 0 Å². The fourth-order valence-corrected chi connectivity index (χ4v) is 2.06. The van der Waals surface area contributed by atoms with Crippen molar-refractivity contribution in [2.45, 2.75) is 13.8 Å². The molecule has 0 atom stereocenters. The summed E-state index contributed by atoms with van der Waals surface area (Å²) in [6.45, 7) is 3.55. The van der Waals surface area contributed by atoms with E-state index in [1.165, 1.54) is 6.07 Å². The average molecular weight is 303 g/mol. The molecule has 0 aromatic heterocycles. The molecule has 0 radical (unpaired) electrons. The lowest BCUT2D eigenvalue weighted by Gasteiger charge is -2.06. The summed E-state index contributed by atoms with van der Waals surface area (Å²) in [7, 11) is 0. The van der Waals surface area contributed by atoms with Gasteiger partial charge in [0.25, 0.3) is 5.91 Å². The molecule has 0 saturated heterocycles. The molecule has 0 aliphatic rings. The van der Waals surface area contributed by atoms with Crippen molar-refractivity contribution in [3.8, 4) is 5.75 Å². The number of nitrogens with one attached hydrogen (secondary N) is 1. The third-order valence-corrected chi connectivity index (χ3v) is 3.30. The van der Waals surface area contributed by atoms with Crippen LogP contribution in [0.2, 0.25) is 5.02 Å². The predicted octanol–water partition coefficient (Wildman–Crippen LogP) is 3.51. The number of hydrogen-bond acceptors (Lipinski definition) is 3. The number of benzene rings is 2. The number of aromatic hydroxyl groups is 1. The minimum absolute atomic E-state index is 0.0221. The van der Waals surface area contributed by atoms with Crippen molar-refractivity contribution in [3.63, 3.8) is 0 Å². The number of aryl methyl sites for hydroxylation is 1. The van der Waals surface area contributed by atoms with Gasteiger partial charge in [0.15, 0.2) is 0 Å². The lowest BCUT2D eigenvalue weighted by atomic mass is 10.1. The van der Waals surface area contributed by atoms with E-state index in [2.05, 4.69) is 10.5 Å². The largest absolute Gasteiger partial charge is 0.507 e. The molecule has 0 fully saturated rings. The highest BCUT2D eigenvalue weighted by atomic mass is 35.5. The first-order chi connectivity index (χ1) is 9.99. The molecule has 2 aromatic rings. The van der Waals surface area contributed by atoms with Gasteiger partial charge >= 0.3 is 0 Å². The molecule has 0 aliphatic heterocycles. The van der Waals surface area contributed by atoms with E-state index in [0.29, 0.717) is 21.9 Å². The van der Waals surface area contributed by atoms with Gasteiger partial charge in [-0.05, 0) is 43.7 Å². The molecule has 0 aliphatic carbocycles. The zero-order valence-corrected chi connectivity index (χ0v) is 12.5. The maximum atomic E-state index is 12.0. The fourth-order valence-electron chi connectivity index (χ4n) is 1.89. The zero-order chi connectivity index (χ0) is 15.4. The van der Waals surface area contributed by atoms with E-state index in [9.17, 15) is 9.90 Å². The van der Waals surface area contributed by atoms with Crippen LogP contribution in [0, 0.1) is 6.92 Å². The van der Waals surface area contributed by atoms with Gasteiger partial charge in [0.05, 0.1) is 5.71 Å². The summed E-state index contributed by atoms with van der Waals surface area (Å²) >= 11 is 5.78. The van der Waals surface area contributed by atoms with Crippen molar-refractivity contribution in [1.29, 1.82) is 0 Å². The Labute approximate surface area is 128 Å². The lowest BCUT2D eigenvalue weighted by molar-refractivity contribution is 0.0954. The van der Waals surface area contributed by atoms with Gasteiger partial charge in [0.1, 0.15) is 5.75 Å². The van der Waals surface area contributed by atoms with E-state index in [4.69, 9.17) is 11.6 Å². The molecule has 1 amide bonds. The van der Waals surface area contributed by atoms with E-state index in [-0.39, 0.29) is 11.7 Å². The Morgan fingerprint density at radius 2 is 1.90 bits per heavy atom. The second kappa shape index (κ2) is 6.41. The molecular formula is C16H15ClN2O2.